The van der Waals surface area contributed by atoms with E-state index in [-0.39, 0.29) is 11.8 Å². The van der Waals surface area contributed by atoms with E-state index in [1.54, 1.807) is 0 Å². The lowest BCUT2D eigenvalue weighted by molar-refractivity contribution is -0.123. The lowest BCUT2D eigenvalue weighted by Crippen LogP contribution is -2.33. The molecule has 1 heterocycles. The first-order chi connectivity index (χ1) is 10.3. The molecule has 4 nitrogen and oxygen atoms in total. The monoisotopic (exact) mass is 278 g/mol. The molecule has 0 aromatic heterocycles. The molecule has 1 N–H and O–H groups in total. The molecule has 1 aliphatic rings. The number of para-hydroxylation sites is 1. The predicted octanol–water partition coefficient (Wildman–Crippen LogP) is 2.54. The zero-order valence-corrected chi connectivity index (χ0v) is 11.3. The van der Waals surface area contributed by atoms with Crippen molar-refractivity contribution in [2.45, 2.75) is 12.0 Å². The van der Waals surface area contributed by atoms with Crippen LogP contribution in [0.1, 0.15) is 23.1 Å². The molecule has 2 aromatic carbocycles. The summed E-state index contributed by atoms with van der Waals surface area (Å²) < 4.78 is 5.51. The van der Waals surface area contributed by atoms with Crippen molar-refractivity contribution in [3.8, 4) is 11.8 Å². The third-order valence-electron chi connectivity index (χ3n) is 3.57. The molecule has 104 valence electrons. The molecule has 1 aliphatic heterocycles. The van der Waals surface area contributed by atoms with E-state index in [1.165, 1.54) is 0 Å². The minimum atomic E-state index is -0.647. The van der Waals surface area contributed by atoms with Crippen molar-refractivity contribution in [1.29, 1.82) is 5.26 Å². The fourth-order valence-electron chi connectivity index (χ4n) is 2.46. The Morgan fingerprint density at radius 1 is 1.19 bits per heavy atom. The molecule has 0 aliphatic carbocycles. The zero-order valence-electron chi connectivity index (χ0n) is 11.3. The molecule has 0 saturated carbocycles. The van der Waals surface area contributed by atoms with E-state index < -0.39 is 6.04 Å². The van der Waals surface area contributed by atoms with E-state index in [0.717, 1.165) is 16.9 Å². The van der Waals surface area contributed by atoms with Crippen LogP contribution in [-0.4, -0.2) is 12.5 Å². The minimum absolute atomic E-state index is 0.185. The second-order valence-corrected chi connectivity index (χ2v) is 4.88. The van der Waals surface area contributed by atoms with Gasteiger partial charge in [0.15, 0.2) is 0 Å². The fraction of sp³-hybridized carbons (Fsp3) is 0.176. The number of fused-ring (bicyclic) bond motifs is 1. The Morgan fingerprint density at radius 3 is 2.67 bits per heavy atom. The van der Waals surface area contributed by atoms with Crippen LogP contribution >= 0.6 is 0 Å². The highest BCUT2D eigenvalue weighted by molar-refractivity contribution is 5.86. The molecule has 0 bridgehead atoms. The summed E-state index contributed by atoms with van der Waals surface area (Å²) >= 11 is 0. The summed E-state index contributed by atoms with van der Waals surface area (Å²) in [5.74, 6) is 0.196. The van der Waals surface area contributed by atoms with Crippen LogP contribution in [0.25, 0.3) is 0 Å². The van der Waals surface area contributed by atoms with Crippen molar-refractivity contribution in [3.63, 3.8) is 0 Å². The lowest BCUT2D eigenvalue weighted by Gasteiger charge is -2.15. The van der Waals surface area contributed by atoms with Crippen LogP contribution in [0.2, 0.25) is 0 Å². The van der Waals surface area contributed by atoms with Crippen LogP contribution in [0.3, 0.4) is 0 Å². The van der Waals surface area contributed by atoms with Gasteiger partial charge in [0.2, 0.25) is 5.91 Å². The van der Waals surface area contributed by atoms with E-state index >= 15 is 0 Å². The summed E-state index contributed by atoms with van der Waals surface area (Å²) in [5, 5.41) is 12.1. The number of carbonyl (C=O) groups excluding carboxylic acids is 1. The molecule has 0 radical (unpaired) electrons. The van der Waals surface area contributed by atoms with Gasteiger partial charge in [-0.05, 0) is 11.6 Å². The SMILES string of the molecule is N#CC(NC(=O)C1COc2ccccc21)c1ccccc1. The maximum atomic E-state index is 12.4. The highest BCUT2D eigenvalue weighted by Gasteiger charge is 2.31. The van der Waals surface area contributed by atoms with Gasteiger partial charge >= 0.3 is 0 Å². The Kier molecular flexibility index (Phi) is 3.57. The van der Waals surface area contributed by atoms with Gasteiger partial charge in [0.1, 0.15) is 24.3 Å². The van der Waals surface area contributed by atoms with Crippen molar-refractivity contribution in [1.82, 2.24) is 5.32 Å². The van der Waals surface area contributed by atoms with Gasteiger partial charge in [0.25, 0.3) is 0 Å². The summed E-state index contributed by atoms with van der Waals surface area (Å²) in [6, 6.07) is 18.2. The molecule has 3 rings (SSSR count). The standard InChI is InChI=1S/C17H14N2O2/c18-10-15(12-6-2-1-3-7-12)19-17(20)14-11-21-16-9-5-4-8-13(14)16/h1-9,14-15H,11H2,(H,19,20). The van der Waals surface area contributed by atoms with Crippen molar-refractivity contribution in [2.75, 3.05) is 6.61 Å². The van der Waals surface area contributed by atoms with E-state index in [9.17, 15) is 10.1 Å². The second-order valence-electron chi connectivity index (χ2n) is 4.88. The van der Waals surface area contributed by atoms with Crippen molar-refractivity contribution in [2.24, 2.45) is 0 Å². The number of nitrogens with zero attached hydrogens (tertiary/aromatic N) is 1. The Labute approximate surface area is 123 Å². The van der Waals surface area contributed by atoms with Crippen LogP contribution in [0.5, 0.6) is 5.75 Å². The first-order valence-electron chi connectivity index (χ1n) is 6.76. The van der Waals surface area contributed by atoms with E-state index in [2.05, 4.69) is 11.4 Å². The molecular weight excluding hydrogens is 264 g/mol. The van der Waals surface area contributed by atoms with E-state index in [4.69, 9.17) is 4.74 Å². The molecule has 2 unspecified atom stereocenters. The third kappa shape index (κ3) is 2.59. The molecule has 21 heavy (non-hydrogen) atoms. The molecule has 0 fully saturated rings. The summed E-state index contributed by atoms with van der Waals surface area (Å²) in [4.78, 5) is 12.4. The van der Waals surface area contributed by atoms with Gasteiger partial charge in [0.05, 0.1) is 6.07 Å². The minimum Gasteiger partial charge on any atom is -0.492 e. The van der Waals surface area contributed by atoms with Gasteiger partial charge in [-0.2, -0.15) is 5.26 Å². The van der Waals surface area contributed by atoms with Crippen molar-refractivity contribution >= 4 is 5.91 Å². The molecule has 1 amide bonds. The topological polar surface area (TPSA) is 62.1 Å². The highest BCUT2D eigenvalue weighted by Crippen LogP contribution is 2.33. The smallest absolute Gasteiger partial charge is 0.232 e. The average Bonchev–Trinajstić information content (AvgIpc) is 2.97. The normalized spacial score (nSPS) is 17.2. The zero-order chi connectivity index (χ0) is 14.7. The molecular formula is C17H14N2O2. The Hall–Kier alpha value is -2.80. The van der Waals surface area contributed by atoms with Gasteiger partial charge in [0, 0.05) is 5.56 Å². The largest absolute Gasteiger partial charge is 0.492 e. The number of benzene rings is 2. The fourth-order valence-corrected chi connectivity index (χ4v) is 2.46. The molecule has 2 atom stereocenters. The van der Waals surface area contributed by atoms with Gasteiger partial charge in [-0.15, -0.1) is 0 Å². The van der Waals surface area contributed by atoms with Crippen molar-refractivity contribution in [3.05, 3.63) is 65.7 Å². The van der Waals surface area contributed by atoms with Crippen LogP contribution in [0.4, 0.5) is 0 Å². The maximum absolute atomic E-state index is 12.4. The summed E-state index contributed by atoms with van der Waals surface area (Å²) in [6.45, 7) is 0.318. The molecule has 2 aromatic rings. The highest BCUT2D eigenvalue weighted by atomic mass is 16.5. The number of amides is 1. The van der Waals surface area contributed by atoms with E-state index in [1.807, 2.05) is 54.6 Å². The third-order valence-corrected chi connectivity index (χ3v) is 3.57. The number of hydrogen-bond acceptors (Lipinski definition) is 3. The van der Waals surface area contributed by atoms with Gasteiger partial charge < -0.3 is 10.1 Å². The molecule has 4 heteroatoms. The number of ether oxygens (including phenoxy) is 1. The molecule has 0 saturated heterocycles. The summed E-state index contributed by atoms with van der Waals surface area (Å²) in [5.41, 5.74) is 1.65. The van der Waals surface area contributed by atoms with Gasteiger partial charge in [-0.25, -0.2) is 0 Å². The van der Waals surface area contributed by atoms with Gasteiger partial charge in [-0.1, -0.05) is 48.5 Å². The van der Waals surface area contributed by atoms with Crippen molar-refractivity contribution < 1.29 is 9.53 Å². The summed E-state index contributed by atoms with van der Waals surface area (Å²) in [7, 11) is 0. The first kappa shape index (κ1) is 13.2. The first-order valence-corrected chi connectivity index (χ1v) is 6.76. The Balaban J connectivity index is 1.77. The second kappa shape index (κ2) is 5.68. The molecule has 0 spiro atoms. The quantitative estimate of drug-likeness (QED) is 0.938. The van der Waals surface area contributed by atoms with E-state index in [0.29, 0.717) is 6.61 Å². The number of hydrogen-bond donors (Lipinski definition) is 1. The maximum Gasteiger partial charge on any atom is 0.232 e. The predicted molar refractivity (Wildman–Crippen MR) is 77.6 cm³/mol. The van der Waals surface area contributed by atoms with Crippen LogP contribution in [0.15, 0.2) is 54.6 Å². The van der Waals surface area contributed by atoms with Crippen LogP contribution < -0.4 is 10.1 Å². The number of rotatable bonds is 3. The summed E-state index contributed by atoms with van der Waals surface area (Å²) in [6.07, 6.45) is 0. The van der Waals surface area contributed by atoms with Crippen LogP contribution in [-0.2, 0) is 4.79 Å². The Morgan fingerprint density at radius 2 is 1.90 bits per heavy atom. The average molecular weight is 278 g/mol. The van der Waals surface area contributed by atoms with Crippen LogP contribution in [0, 0.1) is 11.3 Å². The number of nitriles is 1. The lowest BCUT2D eigenvalue weighted by atomic mass is 9.99. The Bertz CT molecular complexity index is 691. The van der Waals surface area contributed by atoms with Gasteiger partial charge in [-0.3, -0.25) is 4.79 Å². The number of nitrogens with one attached hydrogen (secondary N) is 1. The number of carbonyl (C=O) groups is 1.